The molecule has 6 heteroatoms. The third-order valence-corrected chi connectivity index (χ3v) is 3.49. The molecule has 3 N–H and O–H groups in total. The smallest absolute Gasteiger partial charge is 0.251 e. The predicted molar refractivity (Wildman–Crippen MR) is 77.5 cm³/mol. The van der Waals surface area contributed by atoms with E-state index in [1.807, 2.05) is 0 Å². The van der Waals surface area contributed by atoms with Crippen LogP contribution in [0.3, 0.4) is 0 Å². The van der Waals surface area contributed by atoms with Gasteiger partial charge < -0.3 is 11.1 Å². The summed E-state index contributed by atoms with van der Waals surface area (Å²) < 4.78 is 0.704. The Bertz CT molecular complexity index is 439. The lowest BCUT2D eigenvalue weighted by molar-refractivity contribution is 0.0953. The van der Waals surface area contributed by atoms with Crippen LogP contribution in [0.25, 0.3) is 0 Å². The molecule has 0 aromatic heterocycles. The predicted octanol–water partition coefficient (Wildman–Crippen LogP) is 2.90. The van der Waals surface area contributed by atoms with Crippen LogP contribution in [0.1, 0.15) is 23.2 Å². The van der Waals surface area contributed by atoms with Gasteiger partial charge in [0.05, 0.1) is 10.0 Å². The Morgan fingerprint density at radius 1 is 1.53 bits per heavy atom. The first-order valence-corrected chi connectivity index (χ1v) is 6.60. The van der Waals surface area contributed by atoms with E-state index in [0.29, 0.717) is 33.0 Å². The number of nitrogens with one attached hydrogen (secondary N) is 1. The van der Waals surface area contributed by atoms with Gasteiger partial charge in [-0.1, -0.05) is 23.8 Å². The summed E-state index contributed by atoms with van der Waals surface area (Å²) in [5, 5.41) is 3.36. The van der Waals surface area contributed by atoms with Crippen molar-refractivity contribution < 1.29 is 4.79 Å². The van der Waals surface area contributed by atoms with Crippen LogP contribution in [0.5, 0.6) is 0 Å². The molecular formula is C11H12BrClN2OS. The third kappa shape index (κ3) is 5.02. The lowest BCUT2D eigenvalue weighted by Gasteiger charge is -2.05. The van der Waals surface area contributed by atoms with E-state index in [9.17, 15) is 4.79 Å². The van der Waals surface area contributed by atoms with Crippen molar-refractivity contribution in [2.75, 3.05) is 6.54 Å². The maximum atomic E-state index is 11.7. The van der Waals surface area contributed by atoms with E-state index in [1.165, 1.54) is 0 Å². The van der Waals surface area contributed by atoms with Crippen molar-refractivity contribution in [3.8, 4) is 0 Å². The molecule has 0 aliphatic rings. The number of carbonyl (C=O) groups is 1. The highest BCUT2D eigenvalue weighted by Gasteiger charge is 2.06. The first-order valence-electron chi connectivity index (χ1n) is 5.02. The van der Waals surface area contributed by atoms with Crippen molar-refractivity contribution in [3.63, 3.8) is 0 Å². The lowest BCUT2D eigenvalue weighted by atomic mass is 10.2. The zero-order valence-electron chi connectivity index (χ0n) is 9.00. The van der Waals surface area contributed by atoms with Crippen molar-refractivity contribution in [2.24, 2.45) is 5.73 Å². The van der Waals surface area contributed by atoms with Crippen LogP contribution in [0, 0.1) is 0 Å². The van der Waals surface area contributed by atoms with Gasteiger partial charge >= 0.3 is 0 Å². The standard InChI is InChI=1S/C11H12BrClN2OS/c12-8-6-7(3-4-9(8)13)11(16)15-5-1-2-10(14)17/h3-4,6H,1-2,5H2,(H2,14,17)(H,15,16). The van der Waals surface area contributed by atoms with Gasteiger partial charge in [-0.05, 0) is 47.0 Å². The summed E-state index contributed by atoms with van der Waals surface area (Å²) in [6.45, 7) is 0.552. The zero-order chi connectivity index (χ0) is 12.8. The minimum absolute atomic E-state index is 0.134. The van der Waals surface area contributed by atoms with Crippen molar-refractivity contribution >= 4 is 50.6 Å². The molecule has 1 aromatic carbocycles. The van der Waals surface area contributed by atoms with E-state index < -0.39 is 0 Å². The molecule has 0 bridgehead atoms. The monoisotopic (exact) mass is 334 g/mol. The first kappa shape index (κ1) is 14.4. The SMILES string of the molecule is NC(=S)CCCNC(=O)c1ccc(Cl)c(Br)c1. The number of thiocarbonyl (C=S) groups is 1. The molecule has 0 atom stereocenters. The number of hydrogen-bond acceptors (Lipinski definition) is 2. The van der Waals surface area contributed by atoms with Gasteiger partial charge in [-0.3, -0.25) is 4.79 Å². The van der Waals surface area contributed by atoms with Gasteiger partial charge in [0.1, 0.15) is 0 Å². The fraction of sp³-hybridized carbons (Fsp3) is 0.273. The second-order valence-electron chi connectivity index (χ2n) is 3.45. The van der Waals surface area contributed by atoms with E-state index in [0.717, 1.165) is 6.42 Å². The summed E-state index contributed by atoms with van der Waals surface area (Å²) in [6, 6.07) is 5.04. The molecule has 0 unspecified atom stereocenters. The molecule has 0 saturated carbocycles. The molecule has 0 spiro atoms. The van der Waals surface area contributed by atoms with Crippen molar-refractivity contribution in [1.29, 1.82) is 0 Å². The minimum atomic E-state index is -0.134. The molecule has 1 aromatic rings. The average molecular weight is 336 g/mol. The maximum absolute atomic E-state index is 11.7. The summed E-state index contributed by atoms with van der Waals surface area (Å²) in [5.74, 6) is -0.134. The lowest BCUT2D eigenvalue weighted by Crippen LogP contribution is -2.25. The highest BCUT2D eigenvalue weighted by molar-refractivity contribution is 9.10. The van der Waals surface area contributed by atoms with Gasteiger partial charge in [-0.15, -0.1) is 0 Å². The van der Waals surface area contributed by atoms with Crippen LogP contribution in [-0.2, 0) is 0 Å². The molecule has 1 rings (SSSR count). The summed E-state index contributed by atoms with van der Waals surface area (Å²) >= 11 is 13.9. The molecule has 17 heavy (non-hydrogen) atoms. The van der Waals surface area contributed by atoms with Gasteiger partial charge in [0.2, 0.25) is 0 Å². The molecule has 0 heterocycles. The summed E-state index contributed by atoms with van der Waals surface area (Å²) in [7, 11) is 0. The number of amides is 1. The van der Waals surface area contributed by atoms with Crippen LogP contribution in [0.2, 0.25) is 5.02 Å². The molecule has 0 saturated heterocycles. The minimum Gasteiger partial charge on any atom is -0.393 e. The summed E-state index contributed by atoms with van der Waals surface area (Å²) in [5.41, 5.74) is 5.92. The van der Waals surface area contributed by atoms with Gasteiger partial charge in [0.25, 0.3) is 5.91 Å². The Labute approximate surface area is 119 Å². The number of hydrogen-bond donors (Lipinski definition) is 2. The van der Waals surface area contributed by atoms with E-state index in [2.05, 4.69) is 21.2 Å². The quantitative estimate of drug-likeness (QED) is 0.642. The molecular weight excluding hydrogens is 324 g/mol. The topological polar surface area (TPSA) is 55.1 Å². The van der Waals surface area contributed by atoms with Crippen molar-refractivity contribution in [3.05, 3.63) is 33.3 Å². The zero-order valence-corrected chi connectivity index (χ0v) is 12.2. The Hall–Kier alpha value is -0.650. The number of carbonyl (C=O) groups excluding carboxylic acids is 1. The van der Waals surface area contributed by atoms with Gasteiger partial charge in [0.15, 0.2) is 0 Å². The molecule has 0 aliphatic heterocycles. The highest BCUT2D eigenvalue weighted by atomic mass is 79.9. The Morgan fingerprint density at radius 2 is 2.24 bits per heavy atom. The fourth-order valence-electron chi connectivity index (χ4n) is 1.20. The molecule has 0 fully saturated rings. The molecule has 0 aliphatic carbocycles. The van der Waals surface area contributed by atoms with E-state index in [4.69, 9.17) is 29.6 Å². The Kier molecular flexibility index (Phi) is 5.88. The Morgan fingerprint density at radius 3 is 2.82 bits per heavy atom. The van der Waals surface area contributed by atoms with Gasteiger partial charge in [0, 0.05) is 16.6 Å². The number of benzene rings is 1. The Balaban J connectivity index is 2.47. The van der Waals surface area contributed by atoms with Crippen molar-refractivity contribution in [1.82, 2.24) is 5.32 Å². The normalized spacial score (nSPS) is 10.0. The average Bonchev–Trinajstić information content (AvgIpc) is 2.27. The van der Waals surface area contributed by atoms with Crippen LogP contribution >= 0.6 is 39.7 Å². The van der Waals surface area contributed by atoms with E-state index in [1.54, 1.807) is 18.2 Å². The van der Waals surface area contributed by atoms with Crippen LogP contribution in [0.4, 0.5) is 0 Å². The number of rotatable bonds is 5. The third-order valence-electron chi connectivity index (χ3n) is 2.07. The van der Waals surface area contributed by atoms with Gasteiger partial charge in [-0.2, -0.15) is 0 Å². The fourth-order valence-corrected chi connectivity index (χ4v) is 1.84. The second-order valence-corrected chi connectivity index (χ2v) is 5.24. The molecule has 0 radical (unpaired) electrons. The van der Waals surface area contributed by atoms with Crippen molar-refractivity contribution in [2.45, 2.75) is 12.8 Å². The maximum Gasteiger partial charge on any atom is 0.251 e. The van der Waals surface area contributed by atoms with Crippen LogP contribution < -0.4 is 11.1 Å². The van der Waals surface area contributed by atoms with Crippen LogP contribution in [0.15, 0.2) is 22.7 Å². The summed E-state index contributed by atoms with van der Waals surface area (Å²) in [6.07, 6.45) is 1.38. The van der Waals surface area contributed by atoms with Gasteiger partial charge in [-0.25, -0.2) is 0 Å². The summed E-state index contributed by atoms with van der Waals surface area (Å²) in [4.78, 5) is 12.2. The highest BCUT2D eigenvalue weighted by Crippen LogP contribution is 2.23. The first-order chi connectivity index (χ1) is 8.00. The number of halogens is 2. The largest absolute Gasteiger partial charge is 0.393 e. The molecule has 92 valence electrons. The molecule has 1 amide bonds. The van der Waals surface area contributed by atoms with Crippen LogP contribution in [-0.4, -0.2) is 17.4 Å². The van der Waals surface area contributed by atoms with E-state index >= 15 is 0 Å². The van der Waals surface area contributed by atoms with E-state index in [-0.39, 0.29) is 5.91 Å². The number of nitrogens with two attached hydrogens (primary N) is 1. The molecule has 3 nitrogen and oxygen atoms in total. The second kappa shape index (κ2) is 6.93.